The summed E-state index contributed by atoms with van der Waals surface area (Å²) in [5, 5.41) is 7.62. The molecule has 0 unspecified atom stereocenters. The first-order valence-electron chi connectivity index (χ1n) is 19.8. The summed E-state index contributed by atoms with van der Waals surface area (Å²) >= 11 is 1.85. The van der Waals surface area contributed by atoms with Crippen molar-refractivity contribution < 1.29 is 0 Å². The minimum absolute atomic E-state index is 1.11. The molecule has 11 aromatic rings. The van der Waals surface area contributed by atoms with Crippen LogP contribution in [0.5, 0.6) is 0 Å². The summed E-state index contributed by atoms with van der Waals surface area (Å²) in [7, 11) is 0. The Morgan fingerprint density at radius 1 is 0.241 bits per heavy atom. The largest absolute Gasteiger partial charge is 0.310 e. The van der Waals surface area contributed by atoms with Gasteiger partial charge in [-0.2, -0.15) is 0 Å². The van der Waals surface area contributed by atoms with Crippen LogP contribution in [-0.4, -0.2) is 0 Å². The lowest BCUT2D eigenvalue weighted by molar-refractivity contribution is 1.29. The van der Waals surface area contributed by atoms with Crippen molar-refractivity contribution in [3.05, 3.63) is 224 Å². The molecule has 58 heavy (non-hydrogen) atoms. The Labute approximate surface area is 342 Å². The SMILES string of the molecule is c1ccc(-c2cccc(N(c3ccc(-c4ccc5c(c4)c(-c4ccccc4)c(-c4ccccc4)c4ccccc45)cc3)c3ccc4sc5ccccc5c4c3)c2)cc1. The van der Waals surface area contributed by atoms with Crippen LogP contribution < -0.4 is 4.90 Å². The molecule has 0 saturated carbocycles. The van der Waals surface area contributed by atoms with Crippen LogP contribution >= 0.6 is 11.3 Å². The maximum absolute atomic E-state index is 2.41. The fourth-order valence-electron chi connectivity index (χ4n) is 8.74. The van der Waals surface area contributed by atoms with E-state index in [9.17, 15) is 0 Å². The molecule has 0 aliphatic heterocycles. The summed E-state index contributed by atoms with van der Waals surface area (Å²) in [5.41, 5.74) is 13.1. The minimum Gasteiger partial charge on any atom is -0.310 e. The van der Waals surface area contributed by atoms with Crippen molar-refractivity contribution in [3.63, 3.8) is 0 Å². The fraction of sp³-hybridized carbons (Fsp3) is 0. The predicted octanol–water partition coefficient (Wildman–Crippen LogP) is 16.5. The minimum atomic E-state index is 1.11. The molecule has 0 amide bonds. The summed E-state index contributed by atoms with van der Waals surface area (Å²) in [5.74, 6) is 0. The lowest BCUT2D eigenvalue weighted by atomic mass is 9.84. The molecule has 0 bridgehead atoms. The molecule has 1 heterocycles. The maximum atomic E-state index is 2.41. The van der Waals surface area contributed by atoms with Crippen molar-refractivity contribution >= 4 is 70.1 Å². The molecule has 1 nitrogen and oxygen atoms in total. The van der Waals surface area contributed by atoms with E-state index in [4.69, 9.17) is 0 Å². The molecule has 0 fully saturated rings. The van der Waals surface area contributed by atoms with E-state index in [1.165, 1.54) is 86.2 Å². The molecule has 0 aliphatic rings. The van der Waals surface area contributed by atoms with Crippen molar-refractivity contribution in [3.8, 4) is 44.5 Å². The topological polar surface area (TPSA) is 3.24 Å². The summed E-state index contributed by atoms with van der Waals surface area (Å²) in [6.45, 7) is 0. The van der Waals surface area contributed by atoms with Gasteiger partial charge in [0.2, 0.25) is 0 Å². The third kappa shape index (κ3) is 5.94. The van der Waals surface area contributed by atoms with E-state index < -0.39 is 0 Å². The van der Waals surface area contributed by atoms with Crippen LogP contribution in [-0.2, 0) is 0 Å². The first-order chi connectivity index (χ1) is 28.8. The fourth-order valence-corrected chi connectivity index (χ4v) is 9.83. The molecule has 272 valence electrons. The summed E-state index contributed by atoms with van der Waals surface area (Å²) in [6, 6.07) is 81.9. The van der Waals surface area contributed by atoms with Crippen LogP contribution in [0.3, 0.4) is 0 Å². The zero-order chi connectivity index (χ0) is 38.4. The molecule has 0 spiro atoms. The highest BCUT2D eigenvalue weighted by Crippen LogP contribution is 2.46. The predicted molar refractivity (Wildman–Crippen MR) is 251 cm³/mol. The van der Waals surface area contributed by atoms with Gasteiger partial charge < -0.3 is 4.90 Å². The van der Waals surface area contributed by atoms with Crippen molar-refractivity contribution in [2.24, 2.45) is 0 Å². The molecule has 11 rings (SSSR count). The second kappa shape index (κ2) is 14.4. The number of hydrogen-bond donors (Lipinski definition) is 0. The normalized spacial score (nSPS) is 11.4. The van der Waals surface area contributed by atoms with Gasteiger partial charge in [-0.1, -0.05) is 170 Å². The molecular weight excluding hydrogens is 719 g/mol. The molecule has 10 aromatic carbocycles. The third-order valence-corrected chi connectivity index (χ3v) is 12.6. The molecule has 0 atom stereocenters. The van der Waals surface area contributed by atoms with Gasteiger partial charge in [0.25, 0.3) is 0 Å². The van der Waals surface area contributed by atoms with E-state index in [1.54, 1.807) is 0 Å². The van der Waals surface area contributed by atoms with Gasteiger partial charge in [-0.05, 0) is 121 Å². The molecule has 0 N–H and O–H groups in total. The molecule has 0 radical (unpaired) electrons. The third-order valence-electron chi connectivity index (χ3n) is 11.4. The van der Waals surface area contributed by atoms with Gasteiger partial charge in [0, 0.05) is 37.2 Å². The highest BCUT2D eigenvalue weighted by molar-refractivity contribution is 7.25. The molecule has 2 heteroatoms. The first-order valence-corrected chi connectivity index (χ1v) is 20.7. The van der Waals surface area contributed by atoms with Gasteiger partial charge in [-0.3, -0.25) is 0 Å². The lowest BCUT2D eigenvalue weighted by Crippen LogP contribution is -2.10. The zero-order valence-corrected chi connectivity index (χ0v) is 32.5. The maximum Gasteiger partial charge on any atom is 0.0468 e. The molecular formula is C56H37NS. The summed E-state index contributed by atoms with van der Waals surface area (Å²) < 4.78 is 2.61. The number of fused-ring (bicyclic) bond motifs is 6. The highest BCUT2D eigenvalue weighted by atomic mass is 32.1. The standard InChI is InChI=1S/C56H37NS/c1-4-15-38(16-5-1)42-21-14-22-45(35-42)57(46-32-34-54-51(37-46)49-24-12-13-26-53(49)58-54)44-30-27-39(28-31-44)43-29-33-48-47-23-10-11-25-50(47)55(40-17-6-2-7-18-40)56(52(48)36-43)41-19-8-3-9-20-41/h1-37H. The Morgan fingerprint density at radius 2 is 0.724 bits per heavy atom. The van der Waals surface area contributed by atoms with E-state index in [-0.39, 0.29) is 0 Å². The van der Waals surface area contributed by atoms with Gasteiger partial charge in [0.15, 0.2) is 0 Å². The van der Waals surface area contributed by atoms with Crippen LogP contribution in [0.25, 0.3) is 86.2 Å². The van der Waals surface area contributed by atoms with Crippen LogP contribution in [0.2, 0.25) is 0 Å². The van der Waals surface area contributed by atoms with Crippen LogP contribution in [0.1, 0.15) is 0 Å². The highest BCUT2D eigenvalue weighted by Gasteiger charge is 2.19. The number of benzene rings is 10. The van der Waals surface area contributed by atoms with Crippen molar-refractivity contribution in [1.82, 2.24) is 0 Å². The number of anilines is 3. The monoisotopic (exact) mass is 755 g/mol. The second-order valence-corrected chi connectivity index (χ2v) is 15.9. The smallest absolute Gasteiger partial charge is 0.0468 e. The number of hydrogen-bond acceptors (Lipinski definition) is 2. The number of rotatable bonds is 7. The second-order valence-electron chi connectivity index (χ2n) is 14.9. The quantitative estimate of drug-likeness (QED) is 0.146. The molecule has 1 aromatic heterocycles. The van der Waals surface area contributed by atoms with E-state index in [2.05, 4.69) is 229 Å². The van der Waals surface area contributed by atoms with Crippen molar-refractivity contribution in [2.45, 2.75) is 0 Å². The Kier molecular flexibility index (Phi) is 8.42. The zero-order valence-electron chi connectivity index (χ0n) is 31.7. The van der Waals surface area contributed by atoms with Gasteiger partial charge >= 0.3 is 0 Å². The van der Waals surface area contributed by atoms with Gasteiger partial charge in [-0.25, -0.2) is 0 Å². The van der Waals surface area contributed by atoms with Gasteiger partial charge in [-0.15, -0.1) is 11.3 Å². The van der Waals surface area contributed by atoms with Crippen molar-refractivity contribution in [1.29, 1.82) is 0 Å². The molecule has 0 aliphatic carbocycles. The van der Waals surface area contributed by atoms with E-state index in [0.717, 1.165) is 17.1 Å². The van der Waals surface area contributed by atoms with Gasteiger partial charge in [0.1, 0.15) is 0 Å². The van der Waals surface area contributed by atoms with Crippen LogP contribution in [0, 0.1) is 0 Å². The Morgan fingerprint density at radius 3 is 1.45 bits per heavy atom. The number of nitrogens with zero attached hydrogens (tertiary/aromatic N) is 1. The summed E-state index contributed by atoms with van der Waals surface area (Å²) in [6.07, 6.45) is 0. The summed E-state index contributed by atoms with van der Waals surface area (Å²) in [4.78, 5) is 2.40. The number of thiophene rings is 1. The van der Waals surface area contributed by atoms with Crippen LogP contribution in [0.15, 0.2) is 224 Å². The van der Waals surface area contributed by atoms with E-state index >= 15 is 0 Å². The lowest BCUT2D eigenvalue weighted by Gasteiger charge is -2.26. The van der Waals surface area contributed by atoms with E-state index in [1.807, 2.05) is 11.3 Å². The van der Waals surface area contributed by atoms with Crippen molar-refractivity contribution in [2.75, 3.05) is 4.90 Å². The Hall–Kier alpha value is -7.26. The average molecular weight is 756 g/mol. The van der Waals surface area contributed by atoms with Gasteiger partial charge in [0.05, 0.1) is 0 Å². The van der Waals surface area contributed by atoms with E-state index in [0.29, 0.717) is 0 Å². The first kappa shape index (κ1) is 34.0. The molecule has 0 saturated heterocycles. The van der Waals surface area contributed by atoms with Crippen LogP contribution in [0.4, 0.5) is 17.1 Å². The Bertz CT molecular complexity index is 3260. The Balaban J connectivity index is 1.07. The average Bonchev–Trinajstić information content (AvgIpc) is 3.68.